The van der Waals surface area contributed by atoms with E-state index in [0.29, 0.717) is 18.8 Å². The van der Waals surface area contributed by atoms with Gasteiger partial charge in [-0.3, -0.25) is 20.6 Å². The highest BCUT2D eigenvalue weighted by atomic mass is 35.5. The van der Waals surface area contributed by atoms with Gasteiger partial charge in [0.05, 0.1) is 6.20 Å². The van der Waals surface area contributed by atoms with E-state index in [0.717, 1.165) is 18.8 Å². The number of aromatic nitrogens is 1. The number of carbonyl (C=O) groups excluding carboxylic acids is 1. The van der Waals surface area contributed by atoms with Crippen LogP contribution < -0.4 is 5.32 Å². The molecule has 1 saturated heterocycles. The lowest BCUT2D eigenvalue weighted by atomic mass is 10.2. The average molecular weight is 395 g/mol. The number of carbonyl (C=O) groups is 1. The predicted molar refractivity (Wildman–Crippen MR) is 106 cm³/mol. The first-order chi connectivity index (χ1) is 12.8. The number of allylic oxidation sites excluding steroid dienone is 1. The standard InChI is InChI=1S/C19H28ClN5O2/c1-19(2,3)27-18(26)25(12-11-24-9-4-5-10-24)16(17(20)21)14-23-15-7-6-8-22-13-15/h6-8,13-14,21,23H,4-5,9-12H2,1-3H3/p+1/b16-14+,21-17?. The SMILES string of the molecule is CC(C)(C)OC(=O)N(CCN1CCCC1)/C(=C/[NH2+]c1cccnc1)C(=N)Cl. The lowest BCUT2D eigenvalue weighted by molar-refractivity contribution is -0.497. The number of hydrogen-bond acceptors (Lipinski definition) is 5. The summed E-state index contributed by atoms with van der Waals surface area (Å²) < 4.78 is 5.54. The van der Waals surface area contributed by atoms with E-state index in [2.05, 4.69) is 9.88 Å². The summed E-state index contributed by atoms with van der Waals surface area (Å²) in [4.78, 5) is 20.6. The van der Waals surface area contributed by atoms with Crippen LogP contribution in [0, 0.1) is 5.41 Å². The summed E-state index contributed by atoms with van der Waals surface area (Å²) in [5.41, 5.74) is 0.543. The molecule has 8 heteroatoms. The highest BCUT2D eigenvalue weighted by Gasteiger charge is 2.28. The molecule has 1 aliphatic heterocycles. The van der Waals surface area contributed by atoms with E-state index in [1.165, 1.54) is 17.7 Å². The van der Waals surface area contributed by atoms with Crippen LogP contribution in [0.2, 0.25) is 0 Å². The largest absolute Gasteiger partial charge is 0.443 e. The van der Waals surface area contributed by atoms with Crippen molar-refractivity contribution in [1.29, 1.82) is 5.41 Å². The molecule has 0 radical (unpaired) electrons. The van der Waals surface area contributed by atoms with E-state index in [1.807, 2.05) is 32.9 Å². The predicted octanol–water partition coefficient (Wildman–Crippen LogP) is 2.67. The minimum absolute atomic E-state index is 0.206. The Kier molecular flexibility index (Phi) is 7.77. The number of hydrogen-bond donors (Lipinski definition) is 2. The summed E-state index contributed by atoms with van der Waals surface area (Å²) in [7, 11) is 0. The Morgan fingerprint density at radius 2 is 2.15 bits per heavy atom. The molecule has 2 heterocycles. The Hall–Kier alpha value is -1.96. The number of nitrogens with zero attached hydrogens (tertiary/aromatic N) is 3. The van der Waals surface area contributed by atoms with Crippen LogP contribution in [0.25, 0.3) is 0 Å². The molecule has 0 unspecified atom stereocenters. The van der Waals surface area contributed by atoms with Gasteiger partial charge in [0.2, 0.25) is 0 Å². The monoisotopic (exact) mass is 394 g/mol. The van der Waals surface area contributed by atoms with Gasteiger partial charge in [0.25, 0.3) is 0 Å². The molecular weight excluding hydrogens is 366 g/mol. The van der Waals surface area contributed by atoms with Crippen LogP contribution in [0.15, 0.2) is 36.4 Å². The zero-order valence-electron chi connectivity index (χ0n) is 16.2. The molecule has 1 aromatic heterocycles. The van der Waals surface area contributed by atoms with E-state index in [1.54, 1.807) is 23.9 Å². The Labute approximate surface area is 165 Å². The van der Waals surface area contributed by atoms with Crippen LogP contribution >= 0.6 is 11.6 Å². The van der Waals surface area contributed by atoms with E-state index in [9.17, 15) is 4.79 Å². The first-order valence-corrected chi connectivity index (χ1v) is 9.56. The van der Waals surface area contributed by atoms with Gasteiger partial charge in [-0.2, -0.15) is 0 Å². The van der Waals surface area contributed by atoms with E-state index in [4.69, 9.17) is 21.7 Å². The van der Waals surface area contributed by atoms with Crippen molar-refractivity contribution in [2.75, 3.05) is 26.2 Å². The van der Waals surface area contributed by atoms with Crippen molar-refractivity contribution in [3.63, 3.8) is 0 Å². The van der Waals surface area contributed by atoms with E-state index < -0.39 is 11.7 Å². The molecule has 7 nitrogen and oxygen atoms in total. The second kappa shape index (κ2) is 9.82. The Balaban J connectivity index is 2.19. The molecule has 0 atom stereocenters. The molecule has 0 aliphatic carbocycles. The maximum Gasteiger partial charge on any atom is 0.415 e. The van der Waals surface area contributed by atoms with Crippen LogP contribution in [0.5, 0.6) is 0 Å². The maximum atomic E-state index is 12.8. The van der Waals surface area contributed by atoms with E-state index >= 15 is 0 Å². The number of likely N-dealkylation sites (tertiary alicyclic amines) is 1. The van der Waals surface area contributed by atoms with Gasteiger partial charge in [-0.25, -0.2) is 4.79 Å². The molecule has 3 N–H and O–H groups in total. The molecule has 0 aromatic carbocycles. The third kappa shape index (κ3) is 7.28. The number of amides is 1. The van der Waals surface area contributed by atoms with Crippen molar-refractivity contribution in [2.24, 2.45) is 0 Å². The lowest BCUT2D eigenvalue weighted by Crippen LogP contribution is -2.72. The Bertz CT molecular complexity index is 666. The van der Waals surface area contributed by atoms with Crippen molar-refractivity contribution >= 4 is 28.6 Å². The van der Waals surface area contributed by atoms with Crippen molar-refractivity contribution in [1.82, 2.24) is 14.8 Å². The minimum Gasteiger partial charge on any atom is -0.443 e. The zero-order valence-corrected chi connectivity index (χ0v) is 17.0. The second-order valence-corrected chi connectivity index (χ2v) is 7.88. The van der Waals surface area contributed by atoms with Crippen molar-refractivity contribution in [3.05, 3.63) is 36.4 Å². The van der Waals surface area contributed by atoms with Crippen LogP contribution in [0.1, 0.15) is 33.6 Å². The third-order valence-corrected chi connectivity index (χ3v) is 4.28. The molecule has 27 heavy (non-hydrogen) atoms. The fourth-order valence-electron chi connectivity index (χ4n) is 2.81. The van der Waals surface area contributed by atoms with Gasteiger partial charge >= 0.3 is 6.09 Å². The van der Waals surface area contributed by atoms with Crippen LogP contribution in [0.3, 0.4) is 0 Å². The summed E-state index contributed by atoms with van der Waals surface area (Å²) >= 11 is 6.03. The normalized spacial score (nSPS) is 15.6. The molecular formula is C19H29ClN5O2+. The molecule has 1 amide bonds. The van der Waals surface area contributed by atoms with Gasteiger partial charge in [-0.1, -0.05) is 11.6 Å². The topological polar surface area (TPSA) is 86.1 Å². The van der Waals surface area contributed by atoms with Crippen molar-refractivity contribution in [2.45, 2.75) is 39.2 Å². The number of halogens is 1. The highest BCUT2D eigenvalue weighted by Crippen LogP contribution is 2.16. The number of rotatable bonds is 7. The number of pyridine rings is 1. The fraction of sp³-hybridized carbons (Fsp3) is 0.526. The minimum atomic E-state index is -0.629. The maximum absolute atomic E-state index is 12.8. The Morgan fingerprint density at radius 3 is 2.70 bits per heavy atom. The third-order valence-electron chi connectivity index (χ3n) is 4.09. The van der Waals surface area contributed by atoms with Gasteiger partial charge in [0, 0.05) is 25.4 Å². The number of quaternary nitrogens is 1. The summed E-state index contributed by atoms with van der Waals surface area (Å²) in [6.07, 6.45) is 6.91. The second-order valence-electron chi connectivity index (χ2n) is 7.50. The smallest absolute Gasteiger partial charge is 0.415 e. The molecule has 1 fully saturated rings. The van der Waals surface area contributed by atoms with Crippen LogP contribution in [-0.2, 0) is 4.74 Å². The molecule has 0 bridgehead atoms. The van der Waals surface area contributed by atoms with Gasteiger partial charge in [0.1, 0.15) is 22.7 Å². The first kappa shape index (κ1) is 21.3. The summed E-state index contributed by atoms with van der Waals surface area (Å²) in [6.45, 7) is 8.65. The van der Waals surface area contributed by atoms with Crippen molar-refractivity contribution < 1.29 is 14.8 Å². The number of ether oxygens (including phenoxy) is 1. The zero-order chi connectivity index (χ0) is 19.9. The summed E-state index contributed by atoms with van der Waals surface area (Å²) in [5.74, 6) is 0. The fourth-order valence-corrected chi connectivity index (χ4v) is 2.97. The van der Waals surface area contributed by atoms with Crippen LogP contribution in [0.4, 0.5) is 10.5 Å². The van der Waals surface area contributed by atoms with Crippen LogP contribution in [-0.4, -0.2) is 57.8 Å². The summed E-state index contributed by atoms with van der Waals surface area (Å²) in [5, 5.41) is 9.54. The average Bonchev–Trinajstić information content (AvgIpc) is 3.10. The lowest BCUT2D eigenvalue weighted by Gasteiger charge is -2.29. The quantitative estimate of drug-likeness (QED) is 0.696. The Morgan fingerprint density at radius 1 is 1.44 bits per heavy atom. The van der Waals surface area contributed by atoms with Crippen molar-refractivity contribution in [3.8, 4) is 0 Å². The molecule has 0 spiro atoms. The van der Waals surface area contributed by atoms with E-state index in [-0.39, 0.29) is 5.17 Å². The molecule has 148 valence electrons. The molecule has 0 saturated carbocycles. The molecule has 2 rings (SSSR count). The molecule has 1 aliphatic rings. The highest BCUT2D eigenvalue weighted by molar-refractivity contribution is 6.68. The van der Waals surface area contributed by atoms with Gasteiger partial charge in [0.15, 0.2) is 5.69 Å². The molecule has 1 aromatic rings. The summed E-state index contributed by atoms with van der Waals surface area (Å²) in [6, 6.07) is 3.71. The number of nitrogens with one attached hydrogen (secondary N) is 1. The first-order valence-electron chi connectivity index (χ1n) is 9.18. The van der Waals surface area contributed by atoms with Gasteiger partial charge < -0.3 is 9.64 Å². The van der Waals surface area contributed by atoms with Gasteiger partial charge in [-0.15, -0.1) is 0 Å². The number of nitrogens with two attached hydrogens (primary N) is 1. The van der Waals surface area contributed by atoms with Gasteiger partial charge in [-0.05, 0) is 52.8 Å².